The zero-order valence-corrected chi connectivity index (χ0v) is 14.1. The maximum Gasteiger partial charge on any atom is 0.0971 e. The van der Waals surface area contributed by atoms with Gasteiger partial charge in [-0.3, -0.25) is 9.97 Å². The fourth-order valence-corrected chi connectivity index (χ4v) is 3.57. The molecule has 26 heavy (non-hydrogen) atoms. The second kappa shape index (κ2) is 6.08. The van der Waals surface area contributed by atoms with Crippen LogP contribution in [0.15, 0.2) is 97.3 Å². The smallest absolute Gasteiger partial charge is 0.0971 e. The van der Waals surface area contributed by atoms with Crippen LogP contribution in [0.3, 0.4) is 0 Å². The van der Waals surface area contributed by atoms with Crippen LogP contribution in [0, 0.1) is 0 Å². The summed E-state index contributed by atoms with van der Waals surface area (Å²) in [5.74, 6) is 0. The van der Waals surface area contributed by atoms with Gasteiger partial charge >= 0.3 is 0 Å². The van der Waals surface area contributed by atoms with E-state index in [1.54, 1.807) is 0 Å². The molecule has 5 aromatic rings. The Balaban J connectivity index is 1.93. The first-order chi connectivity index (χ1) is 12.9. The number of pyridine rings is 2. The lowest BCUT2D eigenvalue weighted by atomic mass is 9.94. The van der Waals surface area contributed by atoms with E-state index in [0.717, 1.165) is 21.8 Å². The highest BCUT2D eigenvalue weighted by Crippen LogP contribution is 2.36. The molecular formula is C24H16N2. The molecule has 0 amide bonds. The van der Waals surface area contributed by atoms with Gasteiger partial charge in [0.25, 0.3) is 0 Å². The first-order valence-corrected chi connectivity index (χ1v) is 8.69. The largest absolute Gasteiger partial charge is 0.254 e. The molecule has 5 rings (SSSR count). The molecule has 2 aromatic heterocycles. The lowest BCUT2D eigenvalue weighted by Gasteiger charge is -2.12. The van der Waals surface area contributed by atoms with Crippen molar-refractivity contribution in [3.63, 3.8) is 0 Å². The SMILES string of the molecule is c1ccc(-c2cc3c(-c4ccccc4)ccnc3c3ncccc23)cc1. The summed E-state index contributed by atoms with van der Waals surface area (Å²) < 4.78 is 0. The highest BCUT2D eigenvalue weighted by molar-refractivity contribution is 6.13. The quantitative estimate of drug-likeness (QED) is 0.364. The summed E-state index contributed by atoms with van der Waals surface area (Å²) in [6, 6.07) is 29.4. The zero-order valence-electron chi connectivity index (χ0n) is 14.1. The monoisotopic (exact) mass is 332 g/mol. The van der Waals surface area contributed by atoms with E-state index in [2.05, 4.69) is 76.7 Å². The van der Waals surface area contributed by atoms with Crippen LogP contribution in [0.4, 0.5) is 0 Å². The highest BCUT2D eigenvalue weighted by atomic mass is 14.7. The first-order valence-electron chi connectivity index (χ1n) is 8.69. The van der Waals surface area contributed by atoms with Crippen molar-refractivity contribution >= 4 is 21.8 Å². The molecule has 0 spiro atoms. The molecule has 0 aliphatic carbocycles. The molecule has 122 valence electrons. The average molecular weight is 332 g/mol. The van der Waals surface area contributed by atoms with Gasteiger partial charge in [-0.1, -0.05) is 66.7 Å². The third-order valence-corrected chi connectivity index (χ3v) is 4.77. The van der Waals surface area contributed by atoms with Crippen LogP contribution in [0.2, 0.25) is 0 Å². The molecule has 0 atom stereocenters. The summed E-state index contributed by atoms with van der Waals surface area (Å²) in [6.45, 7) is 0. The molecule has 2 heteroatoms. The Morgan fingerprint density at radius 1 is 0.462 bits per heavy atom. The molecule has 2 heterocycles. The van der Waals surface area contributed by atoms with Crippen molar-refractivity contribution in [3.05, 3.63) is 97.3 Å². The van der Waals surface area contributed by atoms with Crippen molar-refractivity contribution in [3.8, 4) is 22.3 Å². The molecular weight excluding hydrogens is 316 g/mol. The number of fused-ring (bicyclic) bond motifs is 3. The van der Waals surface area contributed by atoms with Gasteiger partial charge in [-0.15, -0.1) is 0 Å². The lowest BCUT2D eigenvalue weighted by Crippen LogP contribution is -1.91. The van der Waals surface area contributed by atoms with Gasteiger partial charge in [-0.05, 0) is 40.5 Å². The summed E-state index contributed by atoms with van der Waals surface area (Å²) in [6.07, 6.45) is 3.72. The van der Waals surface area contributed by atoms with Gasteiger partial charge in [0.15, 0.2) is 0 Å². The van der Waals surface area contributed by atoms with E-state index in [-0.39, 0.29) is 0 Å². The van der Waals surface area contributed by atoms with Gasteiger partial charge in [-0.2, -0.15) is 0 Å². The Morgan fingerprint density at radius 2 is 1.08 bits per heavy atom. The molecule has 0 aliphatic heterocycles. The van der Waals surface area contributed by atoms with Crippen LogP contribution in [-0.4, -0.2) is 9.97 Å². The number of nitrogens with zero attached hydrogens (tertiary/aromatic N) is 2. The summed E-state index contributed by atoms with van der Waals surface area (Å²) in [5, 5.41) is 2.26. The molecule has 0 unspecified atom stereocenters. The van der Waals surface area contributed by atoms with E-state index in [0.29, 0.717) is 0 Å². The van der Waals surface area contributed by atoms with Gasteiger partial charge in [0.1, 0.15) is 0 Å². The maximum absolute atomic E-state index is 4.67. The summed E-state index contributed by atoms with van der Waals surface area (Å²) in [7, 11) is 0. The molecule has 2 nitrogen and oxygen atoms in total. The van der Waals surface area contributed by atoms with Crippen LogP contribution in [-0.2, 0) is 0 Å². The van der Waals surface area contributed by atoms with Crippen molar-refractivity contribution < 1.29 is 0 Å². The first kappa shape index (κ1) is 14.8. The van der Waals surface area contributed by atoms with Crippen molar-refractivity contribution in [2.75, 3.05) is 0 Å². The minimum absolute atomic E-state index is 0.946. The van der Waals surface area contributed by atoms with Gasteiger partial charge < -0.3 is 0 Å². The summed E-state index contributed by atoms with van der Waals surface area (Å²) in [5.41, 5.74) is 6.64. The van der Waals surface area contributed by atoms with E-state index in [1.165, 1.54) is 22.3 Å². The second-order valence-corrected chi connectivity index (χ2v) is 6.31. The molecule has 0 N–H and O–H groups in total. The van der Waals surface area contributed by atoms with Crippen molar-refractivity contribution in [1.82, 2.24) is 9.97 Å². The number of aromatic nitrogens is 2. The third kappa shape index (κ3) is 2.35. The molecule has 0 radical (unpaired) electrons. The molecule has 0 fully saturated rings. The number of hydrogen-bond donors (Lipinski definition) is 0. The Hall–Kier alpha value is -3.52. The summed E-state index contributed by atoms with van der Waals surface area (Å²) >= 11 is 0. The van der Waals surface area contributed by atoms with Crippen molar-refractivity contribution in [2.45, 2.75) is 0 Å². The van der Waals surface area contributed by atoms with Gasteiger partial charge in [0.05, 0.1) is 11.0 Å². The number of hydrogen-bond acceptors (Lipinski definition) is 2. The minimum atomic E-state index is 0.946. The molecule has 0 bridgehead atoms. The van der Waals surface area contributed by atoms with Gasteiger partial charge in [0.2, 0.25) is 0 Å². The van der Waals surface area contributed by atoms with Crippen LogP contribution in [0.5, 0.6) is 0 Å². The fraction of sp³-hybridized carbons (Fsp3) is 0. The summed E-state index contributed by atoms with van der Waals surface area (Å²) in [4.78, 5) is 9.34. The molecule has 0 saturated carbocycles. The maximum atomic E-state index is 4.67. The minimum Gasteiger partial charge on any atom is -0.254 e. The molecule has 0 saturated heterocycles. The van der Waals surface area contributed by atoms with Gasteiger partial charge in [-0.25, -0.2) is 0 Å². The number of benzene rings is 3. The topological polar surface area (TPSA) is 25.8 Å². The number of rotatable bonds is 2. The predicted octanol–water partition coefficient (Wildman–Crippen LogP) is 6.12. The Morgan fingerprint density at radius 3 is 1.81 bits per heavy atom. The Bertz CT molecular complexity index is 1210. The van der Waals surface area contributed by atoms with Crippen LogP contribution >= 0.6 is 0 Å². The second-order valence-electron chi connectivity index (χ2n) is 6.31. The standard InChI is InChI=1S/C24H16N2/c1-3-8-17(9-4-1)19-13-15-26-24-22(19)16-21(18-10-5-2-6-11-18)20-12-7-14-25-23(20)24/h1-16H. The highest BCUT2D eigenvalue weighted by Gasteiger charge is 2.13. The van der Waals surface area contributed by atoms with E-state index < -0.39 is 0 Å². The van der Waals surface area contributed by atoms with Crippen LogP contribution < -0.4 is 0 Å². The van der Waals surface area contributed by atoms with Crippen LogP contribution in [0.25, 0.3) is 44.1 Å². The van der Waals surface area contributed by atoms with Crippen molar-refractivity contribution in [2.24, 2.45) is 0 Å². The lowest BCUT2D eigenvalue weighted by molar-refractivity contribution is 1.37. The molecule has 0 aliphatic rings. The van der Waals surface area contributed by atoms with Crippen molar-refractivity contribution in [1.29, 1.82) is 0 Å². The predicted molar refractivity (Wildman–Crippen MR) is 108 cm³/mol. The van der Waals surface area contributed by atoms with Crippen LogP contribution in [0.1, 0.15) is 0 Å². The average Bonchev–Trinajstić information content (AvgIpc) is 2.74. The fourth-order valence-electron chi connectivity index (χ4n) is 3.57. The Labute approximate surface area is 151 Å². The zero-order chi connectivity index (χ0) is 17.3. The normalized spacial score (nSPS) is 11.1. The third-order valence-electron chi connectivity index (χ3n) is 4.77. The van der Waals surface area contributed by atoms with E-state index >= 15 is 0 Å². The van der Waals surface area contributed by atoms with Gasteiger partial charge in [0, 0.05) is 23.2 Å². The van der Waals surface area contributed by atoms with E-state index in [1.807, 2.05) is 30.6 Å². The molecule has 3 aromatic carbocycles. The van der Waals surface area contributed by atoms with E-state index in [9.17, 15) is 0 Å². The Kier molecular flexibility index (Phi) is 3.46. The van der Waals surface area contributed by atoms with E-state index in [4.69, 9.17) is 0 Å².